The molecule has 0 unspecified atom stereocenters. The highest BCUT2D eigenvalue weighted by atomic mass is 32.2. The molecule has 76 valence electrons. The summed E-state index contributed by atoms with van der Waals surface area (Å²) in [5, 5.41) is 0. The maximum Gasteiger partial charge on any atom is 0.260 e. The number of nitrogens with zero attached hydrogens (tertiary/aromatic N) is 1. The van der Waals surface area contributed by atoms with Crippen molar-refractivity contribution in [3.63, 3.8) is 0 Å². The van der Waals surface area contributed by atoms with Crippen LogP contribution in [-0.2, 0) is 5.75 Å². The van der Waals surface area contributed by atoms with Crippen molar-refractivity contribution in [1.29, 1.82) is 0 Å². The summed E-state index contributed by atoms with van der Waals surface area (Å²) < 4.78 is 1.65. The average molecular weight is 217 g/mol. The van der Waals surface area contributed by atoms with Crippen molar-refractivity contribution in [3.05, 3.63) is 70.6 Å². The zero-order valence-electron chi connectivity index (χ0n) is 8.17. The highest BCUT2D eigenvalue weighted by Gasteiger charge is 1.95. The van der Waals surface area contributed by atoms with Crippen LogP contribution in [0.3, 0.4) is 0 Å². The lowest BCUT2D eigenvalue weighted by atomic mass is 10.2. The fraction of sp³-hybridized carbons (Fsp3) is 0.0833. The molecular formula is C12H11NOS. The summed E-state index contributed by atoms with van der Waals surface area (Å²) in [4.78, 5) is 11.4. The summed E-state index contributed by atoms with van der Waals surface area (Å²) in [5.41, 5.74) is 1.25. The van der Waals surface area contributed by atoms with Gasteiger partial charge in [-0.05, 0) is 23.6 Å². The van der Waals surface area contributed by atoms with Gasteiger partial charge in [-0.15, -0.1) is 0 Å². The highest BCUT2D eigenvalue weighted by molar-refractivity contribution is 7.97. The smallest absolute Gasteiger partial charge is 0.260 e. The zero-order chi connectivity index (χ0) is 10.5. The van der Waals surface area contributed by atoms with Crippen molar-refractivity contribution in [2.75, 3.05) is 0 Å². The summed E-state index contributed by atoms with van der Waals surface area (Å²) in [6, 6.07) is 15.3. The van der Waals surface area contributed by atoms with Gasteiger partial charge in [-0.2, -0.15) is 0 Å². The first-order valence-corrected chi connectivity index (χ1v) is 5.65. The molecular weight excluding hydrogens is 206 g/mol. The molecule has 1 heterocycles. The number of benzene rings is 1. The normalized spacial score (nSPS) is 10.1. The van der Waals surface area contributed by atoms with Crippen LogP contribution >= 0.6 is 11.9 Å². The molecule has 0 atom stereocenters. The molecule has 2 rings (SSSR count). The third-order valence-corrected chi connectivity index (χ3v) is 3.04. The number of hydrogen-bond donors (Lipinski definition) is 0. The fourth-order valence-corrected chi connectivity index (χ4v) is 2.06. The van der Waals surface area contributed by atoms with E-state index in [0.29, 0.717) is 0 Å². The van der Waals surface area contributed by atoms with E-state index < -0.39 is 0 Å². The first-order chi connectivity index (χ1) is 7.36. The number of hydrogen-bond acceptors (Lipinski definition) is 2. The lowest BCUT2D eigenvalue weighted by Gasteiger charge is -2.03. The van der Waals surface area contributed by atoms with E-state index in [4.69, 9.17) is 0 Å². The van der Waals surface area contributed by atoms with Crippen LogP contribution in [0.5, 0.6) is 0 Å². The quantitative estimate of drug-likeness (QED) is 0.788. The Labute approximate surface area is 92.7 Å². The van der Waals surface area contributed by atoms with Crippen molar-refractivity contribution >= 4 is 11.9 Å². The molecule has 0 amide bonds. The second-order valence-electron chi connectivity index (χ2n) is 3.12. The molecule has 0 N–H and O–H groups in total. The summed E-state index contributed by atoms with van der Waals surface area (Å²) in [7, 11) is 0. The third kappa shape index (κ3) is 2.73. The van der Waals surface area contributed by atoms with E-state index in [0.717, 1.165) is 5.75 Å². The van der Waals surface area contributed by atoms with Crippen LogP contribution in [0.2, 0.25) is 0 Å². The van der Waals surface area contributed by atoms with Crippen LogP contribution in [-0.4, -0.2) is 3.97 Å². The van der Waals surface area contributed by atoms with E-state index in [1.54, 1.807) is 22.3 Å². The zero-order valence-corrected chi connectivity index (χ0v) is 8.98. The molecule has 15 heavy (non-hydrogen) atoms. The minimum Gasteiger partial charge on any atom is -0.268 e. The van der Waals surface area contributed by atoms with Gasteiger partial charge in [0.15, 0.2) is 0 Å². The molecule has 0 saturated carbocycles. The standard InChI is InChI=1S/C12H11NOS/c14-12-8-4-5-9-13(12)15-10-11-6-2-1-3-7-11/h1-9H,10H2. The van der Waals surface area contributed by atoms with Crippen LogP contribution in [0.15, 0.2) is 59.5 Å². The second-order valence-corrected chi connectivity index (χ2v) is 4.06. The van der Waals surface area contributed by atoms with E-state index in [-0.39, 0.29) is 5.56 Å². The van der Waals surface area contributed by atoms with E-state index >= 15 is 0 Å². The van der Waals surface area contributed by atoms with Crippen LogP contribution in [0.4, 0.5) is 0 Å². The van der Waals surface area contributed by atoms with E-state index in [2.05, 4.69) is 12.1 Å². The minimum atomic E-state index is 0.0263. The van der Waals surface area contributed by atoms with Gasteiger partial charge in [0.1, 0.15) is 0 Å². The summed E-state index contributed by atoms with van der Waals surface area (Å²) in [6.45, 7) is 0. The molecule has 0 bridgehead atoms. The Balaban J connectivity index is 2.06. The predicted octanol–water partition coefficient (Wildman–Crippen LogP) is 2.54. The largest absolute Gasteiger partial charge is 0.268 e. The van der Waals surface area contributed by atoms with Gasteiger partial charge in [0.25, 0.3) is 5.56 Å². The number of rotatable bonds is 3. The highest BCUT2D eigenvalue weighted by Crippen LogP contribution is 2.11. The maximum atomic E-state index is 11.4. The molecule has 3 heteroatoms. The number of pyridine rings is 1. The van der Waals surface area contributed by atoms with Crippen molar-refractivity contribution in [3.8, 4) is 0 Å². The molecule has 2 aromatic rings. The molecule has 0 aliphatic heterocycles. The van der Waals surface area contributed by atoms with Gasteiger partial charge >= 0.3 is 0 Å². The van der Waals surface area contributed by atoms with E-state index in [9.17, 15) is 4.79 Å². The lowest BCUT2D eigenvalue weighted by molar-refractivity contribution is 1.14. The number of aromatic nitrogens is 1. The Morgan fingerprint density at radius 3 is 2.47 bits per heavy atom. The Kier molecular flexibility index (Phi) is 3.25. The van der Waals surface area contributed by atoms with Crippen LogP contribution < -0.4 is 5.56 Å². The molecule has 1 aromatic heterocycles. The molecule has 0 saturated heterocycles. The van der Waals surface area contributed by atoms with Gasteiger partial charge in [0, 0.05) is 18.0 Å². The summed E-state index contributed by atoms with van der Waals surface area (Å²) in [6.07, 6.45) is 1.79. The van der Waals surface area contributed by atoms with Crippen molar-refractivity contribution in [2.24, 2.45) is 0 Å². The van der Waals surface area contributed by atoms with Crippen molar-refractivity contribution < 1.29 is 0 Å². The SMILES string of the molecule is O=c1ccccn1SCc1ccccc1. The predicted molar refractivity (Wildman–Crippen MR) is 63.8 cm³/mol. The molecule has 0 aliphatic carbocycles. The van der Waals surface area contributed by atoms with Gasteiger partial charge < -0.3 is 0 Å². The third-order valence-electron chi connectivity index (χ3n) is 2.00. The Bertz CT molecular complexity index is 478. The minimum absolute atomic E-state index is 0.0263. The molecule has 2 nitrogen and oxygen atoms in total. The van der Waals surface area contributed by atoms with E-state index in [1.165, 1.54) is 17.5 Å². The second kappa shape index (κ2) is 4.84. The summed E-state index contributed by atoms with van der Waals surface area (Å²) >= 11 is 1.50. The molecule has 0 spiro atoms. The molecule has 0 radical (unpaired) electrons. The van der Waals surface area contributed by atoms with Gasteiger partial charge in [-0.25, -0.2) is 0 Å². The van der Waals surface area contributed by atoms with Crippen molar-refractivity contribution in [1.82, 2.24) is 3.97 Å². The monoisotopic (exact) mass is 217 g/mol. The van der Waals surface area contributed by atoms with Crippen LogP contribution in [0.1, 0.15) is 5.56 Å². The Morgan fingerprint density at radius 1 is 1.00 bits per heavy atom. The maximum absolute atomic E-state index is 11.4. The Hall–Kier alpha value is -1.48. The fourth-order valence-electron chi connectivity index (χ4n) is 1.24. The van der Waals surface area contributed by atoms with Crippen LogP contribution in [0, 0.1) is 0 Å². The topological polar surface area (TPSA) is 22.0 Å². The van der Waals surface area contributed by atoms with Gasteiger partial charge in [-0.1, -0.05) is 36.4 Å². The average Bonchev–Trinajstić information content (AvgIpc) is 2.29. The lowest BCUT2D eigenvalue weighted by Crippen LogP contribution is -2.11. The van der Waals surface area contributed by atoms with Gasteiger partial charge in [0.2, 0.25) is 0 Å². The molecule has 1 aromatic carbocycles. The van der Waals surface area contributed by atoms with Gasteiger partial charge in [0.05, 0.1) is 0 Å². The first-order valence-electron chi connectivity index (χ1n) is 4.71. The van der Waals surface area contributed by atoms with E-state index in [1.807, 2.05) is 24.3 Å². The summed E-state index contributed by atoms with van der Waals surface area (Å²) in [5.74, 6) is 0.810. The van der Waals surface area contributed by atoms with Gasteiger partial charge in [-0.3, -0.25) is 8.77 Å². The van der Waals surface area contributed by atoms with Crippen LogP contribution in [0.25, 0.3) is 0 Å². The first kappa shape index (κ1) is 10.1. The molecule has 0 aliphatic rings. The molecule has 0 fully saturated rings. The Morgan fingerprint density at radius 2 is 1.73 bits per heavy atom. The van der Waals surface area contributed by atoms with Crippen molar-refractivity contribution in [2.45, 2.75) is 5.75 Å².